The molecule has 1 unspecified atom stereocenters. The summed E-state index contributed by atoms with van der Waals surface area (Å²) in [4.78, 5) is 27.3. The molecule has 3 heterocycles. The Hall–Kier alpha value is -3.42. The van der Waals surface area contributed by atoms with E-state index in [1.54, 1.807) is 39.6 Å². The van der Waals surface area contributed by atoms with Gasteiger partial charge in [0.15, 0.2) is 6.29 Å². The lowest BCUT2D eigenvalue weighted by molar-refractivity contribution is -0.136. The molecule has 2 aromatic heterocycles. The molecule has 0 bridgehead atoms. The Bertz CT molecular complexity index is 1370. The van der Waals surface area contributed by atoms with E-state index in [1.807, 2.05) is 4.90 Å². The van der Waals surface area contributed by atoms with Crippen molar-refractivity contribution in [2.45, 2.75) is 43.7 Å². The molecule has 1 fully saturated rings. The van der Waals surface area contributed by atoms with Gasteiger partial charge in [0, 0.05) is 43.0 Å². The highest BCUT2D eigenvalue weighted by Crippen LogP contribution is 2.32. The second-order valence-corrected chi connectivity index (χ2v) is 10.3. The minimum Gasteiger partial charge on any atom is -0.341 e. The Morgan fingerprint density at radius 2 is 2.00 bits per heavy atom. The lowest BCUT2D eigenvalue weighted by Crippen LogP contribution is -2.42. The van der Waals surface area contributed by atoms with Crippen LogP contribution in [-0.4, -0.2) is 47.7 Å². The Kier molecular flexibility index (Phi) is 6.59. The van der Waals surface area contributed by atoms with Crippen molar-refractivity contribution in [2.75, 3.05) is 13.1 Å². The van der Waals surface area contributed by atoms with Gasteiger partial charge in [0.05, 0.1) is 10.4 Å². The standard InChI is InChI=1S/C24H27N5O4S/c1-17-7-11-28(12-8-17)24(31)21(9-13-27-10-3-4-19(27)14-25)29-15-18(16-30)23-20(29)5-2-6-22(23)34(26,32)33/h2-6,10,15-17,21H,7-9,11-13H2,1H3,(H2,26,32,33). The molecule has 0 radical (unpaired) electrons. The molecule has 10 heteroatoms. The van der Waals surface area contributed by atoms with Crippen LogP contribution >= 0.6 is 0 Å². The van der Waals surface area contributed by atoms with Gasteiger partial charge in [-0.15, -0.1) is 0 Å². The molecule has 9 nitrogen and oxygen atoms in total. The van der Waals surface area contributed by atoms with Crippen molar-refractivity contribution in [1.82, 2.24) is 14.0 Å². The Morgan fingerprint density at radius 3 is 2.65 bits per heavy atom. The second-order valence-electron chi connectivity index (χ2n) is 8.82. The number of aryl methyl sites for hydroxylation is 1. The van der Waals surface area contributed by atoms with Crippen LogP contribution in [0.1, 0.15) is 48.3 Å². The fraction of sp³-hybridized carbons (Fsp3) is 0.375. The number of carbonyl (C=O) groups excluding carboxylic acids is 2. The molecule has 1 atom stereocenters. The first-order valence-corrected chi connectivity index (χ1v) is 12.7. The zero-order valence-electron chi connectivity index (χ0n) is 18.9. The lowest BCUT2D eigenvalue weighted by Gasteiger charge is -2.34. The molecule has 1 saturated heterocycles. The van der Waals surface area contributed by atoms with E-state index in [-0.39, 0.29) is 21.8 Å². The molecule has 2 N–H and O–H groups in total. The highest BCUT2D eigenvalue weighted by atomic mass is 32.2. The molecule has 1 aromatic carbocycles. The average Bonchev–Trinajstić information content (AvgIpc) is 3.43. The number of nitrogens with zero attached hydrogens (tertiary/aromatic N) is 4. The Balaban J connectivity index is 1.80. The van der Waals surface area contributed by atoms with Crippen LogP contribution < -0.4 is 5.14 Å². The molecule has 0 saturated carbocycles. The zero-order valence-corrected chi connectivity index (χ0v) is 19.7. The van der Waals surface area contributed by atoms with Crippen LogP contribution in [0.5, 0.6) is 0 Å². The maximum atomic E-state index is 13.7. The van der Waals surface area contributed by atoms with E-state index in [9.17, 15) is 23.3 Å². The van der Waals surface area contributed by atoms with Gasteiger partial charge in [0.25, 0.3) is 0 Å². The summed E-state index contributed by atoms with van der Waals surface area (Å²) in [6.45, 7) is 3.86. The van der Waals surface area contributed by atoms with Gasteiger partial charge in [-0.25, -0.2) is 13.6 Å². The van der Waals surface area contributed by atoms with Crippen LogP contribution in [0.25, 0.3) is 10.9 Å². The number of nitriles is 1. The van der Waals surface area contributed by atoms with Crippen molar-refractivity contribution in [1.29, 1.82) is 5.26 Å². The number of primary sulfonamides is 1. The van der Waals surface area contributed by atoms with Gasteiger partial charge in [-0.2, -0.15) is 5.26 Å². The van der Waals surface area contributed by atoms with Crippen LogP contribution in [0.15, 0.2) is 47.6 Å². The number of fused-ring (bicyclic) bond motifs is 1. The molecule has 0 aliphatic carbocycles. The van der Waals surface area contributed by atoms with Crippen molar-refractivity contribution >= 4 is 33.1 Å². The van der Waals surface area contributed by atoms with E-state index in [0.29, 0.717) is 49.5 Å². The van der Waals surface area contributed by atoms with Crippen molar-refractivity contribution < 1.29 is 18.0 Å². The monoisotopic (exact) mass is 481 g/mol. The van der Waals surface area contributed by atoms with E-state index >= 15 is 0 Å². The summed E-state index contributed by atoms with van der Waals surface area (Å²) < 4.78 is 27.9. The number of nitrogens with two attached hydrogens (primary N) is 1. The third-order valence-electron chi connectivity index (χ3n) is 6.59. The van der Waals surface area contributed by atoms with Gasteiger partial charge < -0.3 is 14.0 Å². The summed E-state index contributed by atoms with van der Waals surface area (Å²) in [5.74, 6) is 0.458. The number of benzene rings is 1. The third-order valence-corrected chi connectivity index (χ3v) is 7.54. The number of piperidine rings is 1. The number of rotatable bonds is 7. The van der Waals surface area contributed by atoms with Crippen LogP contribution in [0.4, 0.5) is 0 Å². The van der Waals surface area contributed by atoms with Crippen molar-refractivity contribution in [3.63, 3.8) is 0 Å². The number of aldehydes is 1. The van der Waals surface area contributed by atoms with Crippen LogP contribution in [-0.2, 0) is 21.4 Å². The minimum absolute atomic E-state index is 0.0899. The van der Waals surface area contributed by atoms with Gasteiger partial charge in [-0.1, -0.05) is 13.0 Å². The topological polar surface area (TPSA) is 131 Å². The second kappa shape index (κ2) is 9.44. The van der Waals surface area contributed by atoms with Crippen molar-refractivity contribution in [2.24, 2.45) is 11.1 Å². The molecule has 1 aliphatic heterocycles. The normalized spacial score (nSPS) is 15.9. The van der Waals surface area contributed by atoms with Gasteiger partial charge >= 0.3 is 0 Å². The fourth-order valence-electron chi connectivity index (χ4n) is 4.69. The summed E-state index contributed by atoms with van der Waals surface area (Å²) in [5.41, 5.74) is 1.09. The highest BCUT2D eigenvalue weighted by molar-refractivity contribution is 7.89. The summed E-state index contributed by atoms with van der Waals surface area (Å²) in [6.07, 6.45) is 6.08. The molecular weight excluding hydrogens is 454 g/mol. The van der Waals surface area contributed by atoms with E-state index in [2.05, 4.69) is 13.0 Å². The number of aromatic nitrogens is 2. The molecule has 1 amide bonds. The molecule has 0 spiro atoms. The van der Waals surface area contributed by atoms with Gasteiger partial charge in [-0.05, 0) is 49.4 Å². The van der Waals surface area contributed by atoms with Crippen LogP contribution in [0.2, 0.25) is 0 Å². The molecule has 3 aromatic rings. The molecule has 178 valence electrons. The molecule has 34 heavy (non-hydrogen) atoms. The average molecular weight is 482 g/mol. The quantitative estimate of drug-likeness (QED) is 0.518. The van der Waals surface area contributed by atoms with Gasteiger partial charge in [-0.3, -0.25) is 9.59 Å². The predicted octanol–water partition coefficient (Wildman–Crippen LogP) is 2.66. The van der Waals surface area contributed by atoms with Crippen molar-refractivity contribution in [3.05, 3.63) is 54.0 Å². The SMILES string of the molecule is CC1CCN(C(=O)C(CCn2cccc2C#N)n2cc(C=O)c3c(S(N)(=O)=O)cccc32)CC1. The maximum absolute atomic E-state index is 13.7. The summed E-state index contributed by atoms with van der Waals surface area (Å²) in [6, 6.07) is 9.53. The van der Waals surface area contributed by atoms with E-state index < -0.39 is 16.1 Å². The first kappa shape index (κ1) is 23.7. The Morgan fingerprint density at radius 1 is 1.26 bits per heavy atom. The number of hydrogen-bond donors (Lipinski definition) is 1. The largest absolute Gasteiger partial charge is 0.341 e. The number of sulfonamides is 1. The smallest absolute Gasteiger partial charge is 0.245 e. The van der Waals surface area contributed by atoms with Crippen LogP contribution in [0, 0.1) is 17.2 Å². The molecular formula is C24H27N5O4S. The first-order valence-electron chi connectivity index (χ1n) is 11.2. The highest BCUT2D eigenvalue weighted by Gasteiger charge is 2.31. The van der Waals surface area contributed by atoms with E-state index in [1.165, 1.54) is 12.3 Å². The predicted molar refractivity (Wildman–Crippen MR) is 126 cm³/mol. The lowest BCUT2D eigenvalue weighted by atomic mass is 9.98. The zero-order chi connectivity index (χ0) is 24.5. The van der Waals surface area contributed by atoms with E-state index in [4.69, 9.17) is 5.14 Å². The maximum Gasteiger partial charge on any atom is 0.245 e. The Labute approximate surface area is 198 Å². The van der Waals surface area contributed by atoms with Gasteiger partial charge in [0.2, 0.25) is 15.9 Å². The van der Waals surface area contributed by atoms with Crippen LogP contribution in [0.3, 0.4) is 0 Å². The number of hydrogen-bond acceptors (Lipinski definition) is 5. The summed E-state index contributed by atoms with van der Waals surface area (Å²) >= 11 is 0. The fourth-order valence-corrected chi connectivity index (χ4v) is 5.46. The molecule has 1 aliphatic rings. The summed E-state index contributed by atoms with van der Waals surface area (Å²) in [5, 5.41) is 15.0. The third kappa shape index (κ3) is 4.49. The summed E-state index contributed by atoms with van der Waals surface area (Å²) in [7, 11) is -4.09. The number of amides is 1. The van der Waals surface area contributed by atoms with E-state index in [0.717, 1.165) is 12.8 Å². The van der Waals surface area contributed by atoms with Crippen molar-refractivity contribution in [3.8, 4) is 6.07 Å². The first-order chi connectivity index (χ1) is 16.2. The minimum atomic E-state index is -4.09. The van der Waals surface area contributed by atoms with Gasteiger partial charge in [0.1, 0.15) is 17.8 Å². The number of carbonyl (C=O) groups is 2. The number of likely N-dealkylation sites (tertiary alicyclic amines) is 1. The molecule has 4 rings (SSSR count).